The molecule has 0 saturated heterocycles. The maximum Gasteiger partial charge on any atom is -0.00193 e. The smallest absolute Gasteiger partial charge is 0.00193 e. The lowest BCUT2D eigenvalue weighted by Crippen LogP contribution is -1.96. The third kappa shape index (κ3) is 0.459. The Morgan fingerprint density at radius 2 is 1.62 bits per heavy atom. The molecule has 2 rings (SSSR count). The Kier molecular flexibility index (Phi) is 0.806. The summed E-state index contributed by atoms with van der Waals surface area (Å²) in [6.45, 7) is 0. The van der Waals surface area contributed by atoms with Crippen LogP contribution in [0.5, 0.6) is 0 Å². The summed E-state index contributed by atoms with van der Waals surface area (Å²) in [6.07, 6.45) is 11.9. The van der Waals surface area contributed by atoms with E-state index >= 15 is 0 Å². The molecular formula is C8H10. The second-order valence-corrected chi connectivity index (χ2v) is 2.67. The molecule has 0 unspecified atom stereocenters. The van der Waals surface area contributed by atoms with Gasteiger partial charge in [-0.25, -0.2) is 0 Å². The SMILES string of the molecule is C1=CC2C=CCC2C1. The van der Waals surface area contributed by atoms with E-state index in [2.05, 4.69) is 24.3 Å². The van der Waals surface area contributed by atoms with Crippen molar-refractivity contribution in [3.8, 4) is 0 Å². The zero-order chi connectivity index (χ0) is 5.40. The van der Waals surface area contributed by atoms with Gasteiger partial charge in [0.15, 0.2) is 0 Å². The van der Waals surface area contributed by atoms with Gasteiger partial charge in [-0.3, -0.25) is 0 Å². The van der Waals surface area contributed by atoms with Gasteiger partial charge in [-0.2, -0.15) is 0 Å². The lowest BCUT2D eigenvalue weighted by atomic mass is 10.00. The quantitative estimate of drug-likeness (QED) is 0.415. The van der Waals surface area contributed by atoms with Crippen LogP contribution in [0.1, 0.15) is 12.8 Å². The van der Waals surface area contributed by atoms with Crippen LogP contribution >= 0.6 is 0 Å². The Hall–Kier alpha value is -0.520. The molecule has 42 valence electrons. The van der Waals surface area contributed by atoms with Crippen molar-refractivity contribution in [3.63, 3.8) is 0 Å². The Morgan fingerprint density at radius 1 is 1.00 bits per heavy atom. The first-order chi connectivity index (χ1) is 3.97. The van der Waals surface area contributed by atoms with Crippen LogP contribution in [0.4, 0.5) is 0 Å². The molecule has 0 saturated carbocycles. The lowest BCUT2D eigenvalue weighted by molar-refractivity contribution is 0.526. The van der Waals surface area contributed by atoms with Crippen LogP contribution in [0.2, 0.25) is 0 Å². The van der Waals surface area contributed by atoms with E-state index in [-0.39, 0.29) is 0 Å². The monoisotopic (exact) mass is 106 g/mol. The highest BCUT2D eigenvalue weighted by atomic mass is 14.3. The van der Waals surface area contributed by atoms with Crippen molar-refractivity contribution >= 4 is 0 Å². The predicted octanol–water partition coefficient (Wildman–Crippen LogP) is 2.14. The van der Waals surface area contributed by atoms with Crippen LogP contribution in [0.3, 0.4) is 0 Å². The zero-order valence-corrected chi connectivity index (χ0v) is 4.88. The van der Waals surface area contributed by atoms with Gasteiger partial charge in [0.05, 0.1) is 0 Å². The summed E-state index contributed by atoms with van der Waals surface area (Å²) < 4.78 is 0. The Morgan fingerprint density at radius 3 is 2.12 bits per heavy atom. The van der Waals surface area contributed by atoms with Crippen LogP contribution in [0.15, 0.2) is 24.3 Å². The number of hydrogen-bond donors (Lipinski definition) is 0. The van der Waals surface area contributed by atoms with E-state index in [9.17, 15) is 0 Å². The van der Waals surface area contributed by atoms with Crippen molar-refractivity contribution < 1.29 is 0 Å². The normalized spacial score (nSPS) is 41.0. The van der Waals surface area contributed by atoms with Crippen molar-refractivity contribution in [2.45, 2.75) is 12.8 Å². The first kappa shape index (κ1) is 4.37. The molecule has 0 heteroatoms. The second kappa shape index (κ2) is 1.48. The van der Waals surface area contributed by atoms with E-state index in [0.29, 0.717) is 0 Å². The fraction of sp³-hybridized carbons (Fsp3) is 0.500. The van der Waals surface area contributed by atoms with E-state index in [0.717, 1.165) is 11.8 Å². The fourth-order valence-electron chi connectivity index (χ4n) is 1.61. The molecule has 0 atom stereocenters. The number of rotatable bonds is 0. The van der Waals surface area contributed by atoms with Crippen molar-refractivity contribution in [1.29, 1.82) is 0 Å². The van der Waals surface area contributed by atoms with Gasteiger partial charge in [0, 0.05) is 0 Å². The summed E-state index contributed by atoms with van der Waals surface area (Å²) in [7, 11) is 0. The standard InChI is InChI=1S/C8H10/c1-3-7-5-2-6-8(7)4-1/h1-3,5,7-8H,4,6H2. The fourth-order valence-corrected chi connectivity index (χ4v) is 1.61. The number of allylic oxidation sites excluding steroid dienone is 4. The highest BCUT2D eigenvalue weighted by Crippen LogP contribution is 2.33. The van der Waals surface area contributed by atoms with Crippen molar-refractivity contribution in [2.75, 3.05) is 0 Å². The van der Waals surface area contributed by atoms with E-state index in [1.54, 1.807) is 0 Å². The molecule has 8 heavy (non-hydrogen) atoms. The summed E-state index contributed by atoms with van der Waals surface area (Å²) in [6, 6.07) is 0. The Balaban J connectivity index is 2.22. The molecule has 0 spiro atoms. The molecule has 0 fully saturated rings. The van der Waals surface area contributed by atoms with Crippen LogP contribution < -0.4 is 0 Å². The topological polar surface area (TPSA) is 0 Å². The summed E-state index contributed by atoms with van der Waals surface area (Å²) in [4.78, 5) is 0. The predicted molar refractivity (Wildman–Crippen MR) is 34.5 cm³/mol. The van der Waals surface area contributed by atoms with Crippen molar-refractivity contribution in [3.05, 3.63) is 24.3 Å². The van der Waals surface area contributed by atoms with Crippen LogP contribution in [0, 0.1) is 11.8 Å². The van der Waals surface area contributed by atoms with Gasteiger partial charge in [0.2, 0.25) is 0 Å². The minimum absolute atomic E-state index is 0.815. The van der Waals surface area contributed by atoms with Gasteiger partial charge in [0.25, 0.3) is 0 Å². The molecule has 0 nitrogen and oxygen atoms in total. The molecule has 0 heterocycles. The summed E-state index contributed by atoms with van der Waals surface area (Å²) >= 11 is 0. The molecule has 0 N–H and O–H groups in total. The first-order valence-electron chi connectivity index (χ1n) is 3.30. The maximum absolute atomic E-state index is 2.33. The van der Waals surface area contributed by atoms with E-state index in [1.165, 1.54) is 12.8 Å². The molecule has 0 bridgehead atoms. The Bertz CT molecular complexity index is 126. The van der Waals surface area contributed by atoms with E-state index in [4.69, 9.17) is 0 Å². The third-order valence-electron chi connectivity index (χ3n) is 2.14. The van der Waals surface area contributed by atoms with E-state index in [1.807, 2.05) is 0 Å². The van der Waals surface area contributed by atoms with Gasteiger partial charge >= 0.3 is 0 Å². The molecule has 2 aliphatic rings. The average molecular weight is 106 g/mol. The molecule has 0 aromatic rings. The van der Waals surface area contributed by atoms with Gasteiger partial charge in [0.1, 0.15) is 0 Å². The van der Waals surface area contributed by atoms with Crippen LogP contribution in [-0.4, -0.2) is 0 Å². The minimum Gasteiger partial charge on any atom is -0.0876 e. The molecule has 2 aliphatic carbocycles. The Labute approximate surface area is 49.9 Å². The number of hydrogen-bond acceptors (Lipinski definition) is 0. The highest BCUT2D eigenvalue weighted by Gasteiger charge is 2.22. The molecule has 0 aliphatic heterocycles. The van der Waals surface area contributed by atoms with Crippen molar-refractivity contribution in [2.24, 2.45) is 11.8 Å². The lowest BCUT2D eigenvalue weighted by Gasteiger charge is -2.04. The molecule has 0 amide bonds. The first-order valence-corrected chi connectivity index (χ1v) is 3.30. The minimum atomic E-state index is 0.815. The van der Waals surface area contributed by atoms with E-state index < -0.39 is 0 Å². The zero-order valence-electron chi connectivity index (χ0n) is 4.88. The molecule has 0 radical (unpaired) electrons. The van der Waals surface area contributed by atoms with Crippen LogP contribution in [-0.2, 0) is 0 Å². The van der Waals surface area contributed by atoms with Gasteiger partial charge in [-0.1, -0.05) is 24.3 Å². The van der Waals surface area contributed by atoms with Gasteiger partial charge in [-0.05, 0) is 24.7 Å². The number of fused-ring (bicyclic) bond motifs is 1. The summed E-state index contributed by atoms with van der Waals surface area (Å²) in [5.41, 5.74) is 0. The van der Waals surface area contributed by atoms with Crippen molar-refractivity contribution in [1.82, 2.24) is 0 Å². The van der Waals surface area contributed by atoms with Gasteiger partial charge in [-0.15, -0.1) is 0 Å². The molecule has 0 aromatic heterocycles. The average Bonchev–Trinajstić information content (AvgIpc) is 2.15. The van der Waals surface area contributed by atoms with Crippen LogP contribution in [0.25, 0.3) is 0 Å². The second-order valence-electron chi connectivity index (χ2n) is 2.67. The maximum atomic E-state index is 2.33. The summed E-state index contributed by atoms with van der Waals surface area (Å²) in [5.74, 6) is 1.77. The van der Waals surface area contributed by atoms with Gasteiger partial charge < -0.3 is 0 Å². The molecule has 0 aromatic carbocycles. The molecular weight excluding hydrogens is 96.1 g/mol. The summed E-state index contributed by atoms with van der Waals surface area (Å²) in [5, 5.41) is 0. The third-order valence-corrected chi connectivity index (χ3v) is 2.14. The highest BCUT2D eigenvalue weighted by molar-refractivity contribution is 5.15. The largest absolute Gasteiger partial charge is 0.0876 e.